The van der Waals surface area contributed by atoms with Gasteiger partial charge in [0, 0.05) is 30.6 Å². The summed E-state index contributed by atoms with van der Waals surface area (Å²) in [5.41, 5.74) is 2.61. The number of nitrogens with one attached hydrogen (secondary N) is 2. The summed E-state index contributed by atoms with van der Waals surface area (Å²) in [6.45, 7) is 3.65. The molecule has 2 heterocycles. The Balaban J connectivity index is 2.04. The van der Waals surface area contributed by atoms with Gasteiger partial charge in [0.25, 0.3) is 0 Å². The number of hydrogen-bond acceptors (Lipinski definition) is 8. The predicted molar refractivity (Wildman–Crippen MR) is 158 cm³/mol. The average Bonchev–Trinajstić information content (AvgIpc) is 2.93. The molecule has 3 rings (SSSR count). The zero-order valence-corrected chi connectivity index (χ0v) is 24.3. The molecule has 2 amide bonds. The Morgan fingerprint density at radius 3 is 2.55 bits per heavy atom. The number of rotatable bonds is 4. The zero-order valence-electron chi connectivity index (χ0n) is 23.5. The van der Waals surface area contributed by atoms with E-state index in [1.54, 1.807) is 18.2 Å². The van der Waals surface area contributed by atoms with Crippen LogP contribution in [0.15, 0.2) is 59.1 Å². The van der Waals surface area contributed by atoms with E-state index in [0.717, 1.165) is 16.0 Å². The monoisotopic (exact) mass is 572 g/mol. The summed E-state index contributed by atoms with van der Waals surface area (Å²) in [5.74, 6) is -0.0296. The van der Waals surface area contributed by atoms with Crippen LogP contribution in [0.1, 0.15) is 38.7 Å². The second-order valence-corrected chi connectivity index (χ2v) is 10.8. The van der Waals surface area contributed by atoms with Crippen molar-refractivity contribution in [3.05, 3.63) is 59.7 Å². The van der Waals surface area contributed by atoms with Crippen molar-refractivity contribution < 1.29 is 34.0 Å². The highest BCUT2D eigenvalue weighted by molar-refractivity contribution is 8.00. The maximum absolute atomic E-state index is 13.1. The van der Waals surface area contributed by atoms with Crippen molar-refractivity contribution in [3.8, 4) is 5.75 Å². The molecule has 0 fully saturated rings. The Morgan fingerprint density at radius 2 is 1.80 bits per heavy atom. The van der Waals surface area contributed by atoms with E-state index >= 15 is 0 Å². The first-order valence-corrected chi connectivity index (χ1v) is 14.3. The van der Waals surface area contributed by atoms with Gasteiger partial charge in [-0.3, -0.25) is 9.59 Å². The van der Waals surface area contributed by atoms with Gasteiger partial charge in [0.15, 0.2) is 12.5 Å². The van der Waals surface area contributed by atoms with Crippen LogP contribution in [0.5, 0.6) is 5.75 Å². The fourth-order valence-electron chi connectivity index (χ4n) is 4.52. The minimum absolute atomic E-state index is 0.0293. The van der Waals surface area contributed by atoms with E-state index < -0.39 is 18.3 Å². The SMILES string of the molecule is COCOc1c2cc3c(c1CC/C=C(/C)[C@H](O)[C@@H](C)[C@@H](O)C\C=C/C=C\C=C/[C@H](OC)CC(=O)N2)SCC(=O)N3. The van der Waals surface area contributed by atoms with Gasteiger partial charge in [-0.2, -0.15) is 0 Å². The maximum atomic E-state index is 13.1. The molecule has 0 radical (unpaired) electrons. The second-order valence-electron chi connectivity index (χ2n) is 9.81. The molecule has 9 nitrogen and oxygen atoms in total. The number of aliphatic hydroxyl groups is 2. The lowest BCUT2D eigenvalue weighted by Gasteiger charge is -2.25. The van der Waals surface area contributed by atoms with E-state index in [1.165, 1.54) is 26.0 Å². The first-order chi connectivity index (χ1) is 19.2. The van der Waals surface area contributed by atoms with Gasteiger partial charge in [0.05, 0.1) is 41.9 Å². The molecular weight excluding hydrogens is 532 g/mol. The van der Waals surface area contributed by atoms with Crippen LogP contribution in [0.2, 0.25) is 0 Å². The van der Waals surface area contributed by atoms with Crippen molar-refractivity contribution in [3.63, 3.8) is 0 Å². The van der Waals surface area contributed by atoms with Gasteiger partial charge >= 0.3 is 0 Å². The minimum atomic E-state index is -0.806. The number of methoxy groups -OCH3 is 2. The largest absolute Gasteiger partial charge is 0.465 e. The molecule has 218 valence electrons. The van der Waals surface area contributed by atoms with Crippen LogP contribution in [0.3, 0.4) is 0 Å². The fourth-order valence-corrected chi connectivity index (χ4v) is 5.50. The number of thioether (sulfide) groups is 1. The van der Waals surface area contributed by atoms with Crippen molar-refractivity contribution in [1.82, 2.24) is 0 Å². The van der Waals surface area contributed by atoms with Crippen LogP contribution in [-0.2, 0) is 25.5 Å². The summed E-state index contributed by atoms with van der Waals surface area (Å²) in [6.07, 6.45) is 12.4. The zero-order chi connectivity index (χ0) is 29.1. The van der Waals surface area contributed by atoms with Crippen LogP contribution in [0, 0.1) is 5.92 Å². The number of ether oxygens (including phenoxy) is 3. The maximum Gasteiger partial charge on any atom is 0.234 e. The van der Waals surface area contributed by atoms with Gasteiger partial charge in [-0.25, -0.2) is 0 Å². The summed E-state index contributed by atoms with van der Waals surface area (Å²) in [5, 5.41) is 27.4. The quantitative estimate of drug-likeness (QED) is 0.310. The van der Waals surface area contributed by atoms with E-state index in [0.29, 0.717) is 36.4 Å². The Labute approximate surface area is 240 Å². The molecule has 0 spiro atoms. The molecule has 0 aromatic heterocycles. The number of benzene rings is 1. The highest BCUT2D eigenvalue weighted by atomic mass is 32.2. The third kappa shape index (κ3) is 8.81. The smallest absolute Gasteiger partial charge is 0.234 e. The molecule has 1 aromatic carbocycles. The normalized spacial score (nSPS) is 28.5. The van der Waals surface area contributed by atoms with Crippen molar-refractivity contribution in [2.45, 2.75) is 62.7 Å². The Morgan fingerprint density at radius 1 is 1.05 bits per heavy atom. The minimum Gasteiger partial charge on any atom is -0.465 e. The number of carbonyl (C=O) groups excluding carboxylic acids is 2. The standard InChI is InChI=1S/C30H40N2O7S/c1-19-11-10-13-22-29(39-18-37-3)23(16-24-30(22)40-17-27(35)32-24)31-26(34)15-21(38-4)12-8-6-5-7-9-14-25(33)20(2)28(19)36/h5-9,11-12,16,20-21,25,28,33,36H,10,13-15,17-18H2,1-4H3,(H,31,34)(H,32,35)/b6-5-,9-7-,12-8-,19-11-/t20-,21-,25-,28-/m0/s1. The Hall–Kier alpha value is -2.89. The Bertz CT molecular complexity index is 1160. The van der Waals surface area contributed by atoms with Gasteiger partial charge in [-0.15, -0.1) is 11.8 Å². The van der Waals surface area contributed by atoms with Gasteiger partial charge < -0.3 is 35.1 Å². The first kappa shape index (κ1) is 31.6. The van der Waals surface area contributed by atoms with Crippen LogP contribution in [-0.4, -0.2) is 67.1 Å². The van der Waals surface area contributed by atoms with Crippen LogP contribution in [0.25, 0.3) is 0 Å². The molecule has 40 heavy (non-hydrogen) atoms. The van der Waals surface area contributed by atoms with Crippen LogP contribution in [0.4, 0.5) is 11.4 Å². The number of fused-ring (bicyclic) bond motifs is 4. The topological polar surface area (TPSA) is 126 Å². The average molecular weight is 573 g/mol. The Kier molecular flexibility index (Phi) is 12.5. The summed E-state index contributed by atoms with van der Waals surface area (Å²) in [6, 6.07) is 1.71. The fraction of sp³-hybridized carbons (Fsp3) is 0.467. The summed E-state index contributed by atoms with van der Waals surface area (Å²) in [7, 11) is 3.06. The number of hydrogen-bond donors (Lipinski definition) is 4. The summed E-state index contributed by atoms with van der Waals surface area (Å²) in [4.78, 5) is 26.1. The lowest BCUT2D eigenvalue weighted by molar-refractivity contribution is -0.118. The highest BCUT2D eigenvalue weighted by Crippen LogP contribution is 2.45. The lowest BCUT2D eigenvalue weighted by atomic mass is 9.90. The number of carbonyl (C=O) groups is 2. The third-order valence-electron chi connectivity index (χ3n) is 6.84. The van der Waals surface area contributed by atoms with Crippen LogP contribution >= 0.6 is 11.8 Å². The third-order valence-corrected chi connectivity index (χ3v) is 8.00. The summed E-state index contributed by atoms with van der Waals surface area (Å²) >= 11 is 1.42. The molecule has 1 aromatic rings. The molecule has 2 aliphatic rings. The number of aliphatic hydroxyl groups excluding tert-OH is 2. The van der Waals surface area contributed by atoms with Crippen molar-refractivity contribution in [2.24, 2.45) is 5.92 Å². The molecule has 2 aliphatic heterocycles. The van der Waals surface area contributed by atoms with E-state index in [-0.39, 0.29) is 36.7 Å². The molecular formula is C30H40N2O7S. The number of amides is 2. The van der Waals surface area contributed by atoms with E-state index in [9.17, 15) is 19.8 Å². The van der Waals surface area contributed by atoms with Crippen molar-refractivity contribution >= 4 is 35.0 Å². The molecule has 0 unspecified atom stereocenters. The number of anilines is 2. The van der Waals surface area contributed by atoms with Crippen LogP contribution < -0.4 is 15.4 Å². The molecule has 0 saturated heterocycles. The summed E-state index contributed by atoms with van der Waals surface area (Å²) < 4.78 is 16.6. The van der Waals surface area contributed by atoms with Crippen molar-refractivity contribution in [2.75, 3.05) is 37.4 Å². The molecule has 0 saturated carbocycles. The highest BCUT2D eigenvalue weighted by Gasteiger charge is 2.26. The van der Waals surface area contributed by atoms with E-state index in [4.69, 9.17) is 14.2 Å². The van der Waals surface area contributed by atoms with Gasteiger partial charge in [0.1, 0.15) is 0 Å². The van der Waals surface area contributed by atoms with Gasteiger partial charge in [-0.1, -0.05) is 49.5 Å². The lowest BCUT2D eigenvalue weighted by Crippen LogP contribution is -2.30. The van der Waals surface area contributed by atoms with Crippen molar-refractivity contribution in [1.29, 1.82) is 0 Å². The molecule has 10 heteroatoms. The van der Waals surface area contributed by atoms with E-state index in [1.807, 2.05) is 44.2 Å². The first-order valence-electron chi connectivity index (χ1n) is 13.3. The molecule has 2 bridgehead atoms. The van der Waals surface area contributed by atoms with Gasteiger partial charge in [-0.05, 0) is 37.8 Å². The molecule has 4 atom stereocenters. The predicted octanol–water partition coefficient (Wildman–Crippen LogP) is 4.37. The van der Waals surface area contributed by atoms with Gasteiger partial charge in [0.2, 0.25) is 11.8 Å². The molecule has 4 N–H and O–H groups in total. The molecule has 0 aliphatic carbocycles. The second kappa shape index (κ2) is 15.8. The van der Waals surface area contributed by atoms with E-state index in [2.05, 4.69) is 10.6 Å². The number of allylic oxidation sites excluding steroid dienone is 5.